The Bertz CT molecular complexity index is 1080. The van der Waals surface area contributed by atoms with Crippen molar-refractivity contribution in [2.24, 2.45) is 16.8 Å². The largest absolute Gasteiger partial charge is 0.371 e. The lowest BCUT2D eigenvalue weighted by atomic mass is 10.1. The van der Waals surface area contributed by atoms with E-state index in [0.717, 1.165) is 28.9 Å². The van der Waals surface area contributed by atoms with Gasteiger partial charge in [0.2, 0.25) is 5.17 Å². The zero-order valence-electron chi connectivity index (χ0n) is 18.9. The molecule has 1 heterocycles. The van der Waals surface area contributed by atoms with Crippen molar-refractivity contribution in [2.45, 2.75) is 23.7 Å². The molecule has 190 valence electrons. The highest BCUT2D eigenvalue weighted by Gasteiger charge is 2.34. The Labute approximate surface area is 203 Å². The summed E-state index contributed by atoms with van der Waals surface area (Å²) < 4.78 is 56.5. The van der Waals surface area contributed by atoms with Crippen molar-refractivity contribution in [3.05, 3.63) is 47.5 Å². The number of carbonyl (C=O) groups is 1. The van der Waals surface area contributed by atoms with Gasteiger partial charge in [-0.25, -0.2) is 23.4 Å². The molecule has 0 bridgehead atoms. The second-order valence-corrected chi connectivity index (χ2v) is 8.73. The number of nitrogens with one attached hydrogen (secondary N) is 2. The average molecular weight is 516 g/mol. The van der Waals surface area contributed by atoms with Crippen LogP contribution in [-0.4, -0.2) is 49.3 Å². The Hall–Kier alpha value is -3.23. The van der Waals surface area contributed by atoms with Crippen LogP contribution in [0.3, 0.4) is 0 Å². The van der Waals surface area contributed by atoms with Crippen LogP contribution in [0.5, 0.6) is 0 Å². The molecule has 1 amide bonds. The highest BCUT2D eigenvalue weighted by Crippen LogP contribution is 2.34. The van der Waals surface area contributed by atoms with Crippen molar-refractivity contribution in [3.63, 3.8) is 0 Å². The van der Waals surface area contributed by atoms with Crippen molar-refractivity contribution in [2.75, 3.05) is 42.9 Å². The number of hydrogen-bond donors (Lipinski definition) is 4. The molecule has 1 fully saturated rings. The van der Waals surface area contributed by atoms with Crippen LogP contribution in [-0.2, 0) is 4.84 Å². The Balaban J connectivity index is 1.87. The van der Waals surface area contributed by atoms with E-state index >= 15 is 0 Å². The number of thioether (sulfide) groups is 1. The van der Waals surface area contributed by atoms with Crippen molar-refractivity contribution in [1.82, 2.24) is 5.01 Å². The Morgan fingerprint density at radius 2 is 1.83 bits per heavy atom. The highest BCUT2D eigenvalue weighted by molar-refractivity contribution is 8.13. The van der Waals surface area contributed by atoms with Gasteiger partial charge < -0.3 is 16.1 Å². The molecule has 1 saturated heterocycles. The van der Waals surface area contributed by atoms with E-state index in [1.54, 1.807) is 12.1 Å². The second kappa shape index (κ2) is 11.0. The van der Waals surface area contributed by atoms with Crippen molar-refractivity contribution in [1.29, 1.82) is 0 Å². The molecule has 0 radical (unpaired) electrons. The van der Waals surface area contributed by atoms with Gasteiger partial charge in [0.25, 0.3) is 11.8 Å². The van der Waals surface area contributed by atoms with Gasteiger partial charge in [-0.1, -0.05) is 0 Å². The van der Waals surface area contributed by atoms with Gasteiger partial charge >= 0.3 is 0 Å². The fraction of sp³-hybridized carbons (Fsp3) is 0.333. The molecule has 0 saturated carbocycles. The maximum Gasteiger partial charge on any atom is 0.257 e. The zero-order chi connectivity index (χ0) is 25.8. The number of carbonyl (C=O) groups excluding carboxylic acids is 1. The summed E-state index contributed by atoms with van der Waals surface area (Å²) in [6.45, 7) is -0.0871. The number of hydrazine groups is 1. The average Bonchev–Trinajstić information content (AvgIpc) is 2.80. The van der Waals surface area contributed by atoms with Gasteiger partial charge in [-0.15, -0.1) is 0 Å². The summed E-state index contributed by atoms with van der Waals surface area (Å²) >= 11 is 0.960. The number of hydrazone groups is 1. The summed E-state index contributed by atoms with van der Waals surface area (Å²) in [5.41, 5.74) is 2.44. The minimum absolute atomic E-state index is 0.0289. The first kappa shape index (κ1) is 26.4. The number of benzene rings is 2. The van der Waals surface area contributed by atoms with Crippen LogP contribution < -0.4 is 27.4 Å². The van der Waals surface area contributed by atoms with E-state index < -0.39 is 42.0 Å². The number of hydrogen-bond acceptors (Lipinski definition) is 8. The van der Waals surface area contributed by atoms with Crippen molar-refractivity contribution in [3.8, 4) is 0 Å². The third kappa shape index (κ3) is 6.46. The predicted octanol–water partition coefficient (Wildman–Crippen LogP) is 3.55. The Morgan fingerprint density at radius 3 is 2.37 bits per heavy atom. The third-order valence-electron chi connectivity index (χ3n) is 5.18. The van der Waals surface area contributed by atoms with E-state index in [9.17, 15) is 22.4 Å². The molecule has 6 N–H and O–H groups in total. The molecule has 0 atom stereocenters. The summed E-state index contributed by atoms with van der Waals surface area (Å²) in [4.78, 5) is 19.7. The monoisotopic (exact) mass is 515 g/mol. The first-order valence-corrected chi connectivity index (χ1v) is 11.2. The van der Waals surface area contributed by atoms with Gasteiger partial charge in [0, 0.05) is 43.6 Å². The molecule has 1 aliphatic heterocycles. The van der Waals surface area contributed by atoms with Crippen LogP contribution >= 0.6 is 11.8 Å². The smallest absolute Gasteiger partial charge is 0.257 e. The van der Waals surface area contributed by atoms with Gasteiger partial charge in [-0.2, -0.15) is 5.10 Å². The van der Waals surface area contributed by atoms with E-state index in [-0.39, 0.29) is 29.5 Å². The fourth-order valence-corrected chi connectivity index (χ4v) is 4.19. The summed E-state index contributed by atoms with van der Waals surface area (Å²) in [6, 6.07) is 6.57. The van der Waals surface area contributed by atoms with Crippen LogP contribution in [0.2, 0.25) is 0 Å². The Kier molecular flexibility index (Phi) is 8.30. The minimum Gasteiger partial charge on any atom is -0.371 e. The molecule has 0 unspecified atom stereocenters. The highest BCUT2D eigenvalue weighted by atomic mass is 32.2. The Morgan fingerprint density at radius 1 is 1.20 bits per heavy atom. The number of alkyl halides is 2. The molecule has 1 aliphatic rings. The van der Waals surface area contributed by atoms with Crippen molar-refractivity contribution < 1.29 is 27.2 Å². The maximum atomic E-state index is 14.8. The lowest BCUT2D eigenvalue weighted by molar-refractivity contribution is -0.0220. The summed E-state index contributed by atoms with van der Waals surface area (Å²) in [7, 11) is 2.87. The number of piperidine rings is 1. The zero-order valence-corrected chi connectivity index (χ0v) is 19.8. The lowest BCUT2D eigenvalue weighted by Crippen LogP contribution is -2.39. The SMILES string of the molecule is CONc1ccc(S/C(=N/N)N(C)N)c(C(=O)Nc2c(F)cc(N3CCC(F)(F)CC3)cc2F)c1. The number of amides is 1. The van der Waals surface area contributed by atoms with Gasteiger partial charge in [0.1, 0.15) is 5.69 Å². The molecular formula is C21H25F4N7O2S. The third-order valence-corrected chi connectivity index (χ3v) is 6.33. The van der Waals surface area contributed by atoms with E-state index in [1.807, 2.05) is 0 Å². The van der Waals surface area contributed by atoms with Crippen LogP contribution in [0.25, 0.3) is 0 Å². The molecule has 0 spiro atoms. The first-order valence-electron chi connectivity index (χ1n) is 10.3. The maximum absolute atomic E-state index is 14.8. The van der Waals surface area contributed by atoms with Crippen LogP contribution in [0.1, 0.15) is 23.2 Å². The molecule has 2 aromatic carbocycles. The number of amidine groups is 1. The quantitative estimate of drug-likeness (QED) is 0.115. The normalized spacial score (nSPS) is 15.6. The number of halogens is 4. The molecule has 0 aromatic heterocycles. The van der Waals surface area contributed by atoms with Crippen LogP contribution in [0.15, 0.2) is 40.3 Å². The van der Waals surface area contributed by atoms with Gasteiger partial charge in [-0.05, 0) is 42.1 Å². The molecule has 14 heteroatoms. The number of nitrogens with zero attached hydrogens (tertiary/aromatic N) is 3. The number of anilines is 3. The molecular weight excluding hydrogens is 490 g/mol. The van der Waals surface area contributed by atoms with Gasteiger partial charge in [0.05, 0.1) is 18.4 Å². The molecule has 0 aliphatic carbocycles. The van der Waals surface area contributed by atoms with Gasteiger partial charge in [0.15, 0.2) is 11.6 Å². The summed E-state index contributed by atoms with van der Waals surface area (Å²) in [5, 5.41) is 7.11. The topological polar surface area (TPSA) is 121 Å². The number of rotatable bonds is 6. The van der Waals surface area contributed by atoms with E-state index in [1.165, 1.54) is 25.1 Å². The molecule has 35 heavy (non-hydrogen) atoms. The van der Waals surface area contributed by atoms with Crippen molar-refractivity contribution >= 4 is 39.9 Å². The van der Waals surface area contributed by atoms with E-state index in [2.05, 4.69) is 15.9 Å². The molecule has 3 rings (SSSR count). The lowest BCUT2D eigenvalue weighted by Gasteiger charge is -2.33. The van der Waals surface area contributed by atoms with Crippen LogP contribution in [0.4, 0.5) is 34.6 Å². The standard InChI is InChI=1S/C21H25F4N7O2S/c1-31(27)20(29-26)35-17-4-3-12(30-34-2)9-14(17)19(33)28-18-15(22)10-13(11-16(18)23)32-7-5-21(24,25)6-8-32/h3-4,9-11,30H,5-8,26-27H2,1-2H3,(H,28,33)/b29-20+. The molecule has 2 aromatic rings. The predicted molar refractivity (Wildman–Crippen MR) is 127 cm³/mol. The fourth-order valence-electron chi connectivity index (χ4n) is 3.40. The first-order chi connectivity index (χ1) is 16.5. The van der Waals surface area contributed by atoms with Crippen LogP contribution in [0, 0.1) is 11.6 Å². The van der Waals surface area contributed by atoms with E-state index in [0.29, 0.717) is 10.6 Å². The summed E-state index contributed by atoms with van der Waals surface area (Å²) in [6.07, 6.45) is -0.819. The van der Waals surface area contributed by atoms with E-state index in [4.69, 9.17) is 16.5 Å². The minimum atomic E-state index is -2.80. The second-order valence-electron chi connectivity index (χ2n) is 7.72. The molecule has 9 nitrogen and oxygen atoms in total. The summed E-state index contributed by atoms with van der Waals surface area (Å²) in [5.74, 6) is 5.31. The van der Waals surface area contributed by atoms with Gasteiger partial charge in [-0.3, -0.25) is 20.1 Å². The number of nitrogens with two attached hydrogens (primary N) is 2.